The Hall–Kier alpha value is -2.20. The number of nitrogens with one attached hydrogen (secondary N) is 1. The molecule has 0 saturated carbocycles. The molecule has 1 aromatic carbocycles. The van der Waals surface area contributed by atoms with Gasteiger partial charge in [-0.2, -0.15) is 4.31 Å². The van der Waals surface area contributed by atoms with Crippen molar-refractivity contribution in [3.63, 3.8) is 0 Å². The second kappa shape index (κ2) is 8.66. The van der Waals surface area contributed by atoms with E-state index in [1.165, 1.54) is 21.3 Å². The molecule has 0 aliphatic carbocycles. The SMILES string of the molecule is C[C@H]1CCCN(S(=O)(=O)c2ccc(N(C)CC(=O)NC(C)(C)C)c([N+](=O)[O-])c2)C1. The van der Waals surface area contributed by atoms with E-state index in [9.17, 15) is 23.3 Å². The number of carbonyl (C=O) groups excluding carboxylic acids is 1. The molecule has 0 bridgehead atoms. The van der Waals surface area contributed by atoms with Gasteiger partial charge in [0.1, 0.15) is 5.69 Å². The van der Waals surface area contributed by atoms with Crippen molar-refractivity contribution in [1.82, 2.24) is 9.62 Å². The molecule has 0 spiro atoms. The molecule has 1 atom stereocenters. The molecule has 1 aliphatic heterocycles. The zero-order chi connectivity index (χ0) is 22.0. The minimum atomic E-state index is -3.81. The van der Waals surface area contributed by atoms with Gasteiger partial charge in [0, 0.05) is 31.7 Å². The Kier molecular flexibility index (Phi) is 6.89. The van der Waals surface area contributed by atoms with Crippen LogP contribution in [-0.2, 0) is 14.8 Å². The molecule has 1 amide bonds. The van der Waals surface area contributed by atoms with Gasteiger partial charge in [-0.15, -0.1) is 0 Å². The lowest BCUT2D eigenvalue weighted by Gasteiger charge is -2.30. The van der Waals surface area contributed by atoms with Gasteiger partial charge in [0.2, 0.25) is 15.9 Å². The lowest BCUT2D eigenvalue weighted by Crippen LogP contribution is -2.45. The van der Waals surface area contributed by atoms with Gasteiger partial charge in [-0.25, -0.2) is 8.42 Å². The first kappa shape index (κ1) is 23.1. The summed E-state index contributed by atoms with van der Waals surface area (Å²) < 4.78 is 27.3. The average Bonchev–Trinajstić information content (AvgIpc) is 2.59. The molecule has 0 unspecified atom stereocenters. The zero-order valence-corrected chi connectivity index (χ0v) is 18.5. The summed E-state index contributed by atoms with van der Waals surface area (Å²) in [5, 5.41) is 14.4. The minimum absolute atomic E-state index is 0.0894. The third-order valence-electron chi connectivity index (χ3n) is 4.71. The molecule has 1 fully saturated rings. The lowest BCUT2D eigenvalue weighted by molar-refractivity contribution is -0.384. The Morgan fingerprint density at radius 1 is 1.38 bits per heavy atom. The number of nitrogens with zero attached hydrogens (tertiary/aromatic N) is 3. The number of benzene rings is 1. The fourth-order valence-corrected chi connectivity index (χ4v) is 5.02. The van der Waals surface area contributed by atoms with Crippen LogP contribution in [0.15, 0.2) is 23.1 Å². The monoisotopic (exact) mass is 426 g/mol. The van der Waals surface area contributed by atoms with Crippen molar-refractivity contribution >= 4 is 27.3 Å². The number of nitro benzene ring substituents is 1. The summed E-state index contributed by atoms with van der Waals surface area (Å²) >= 11 is 0. The molecule has 10 heteroatoms. The maximum absolute atomic E-state index is 12.9. The maximum atomic E-state index is 12.9. The Labute approximate surface area is 172 Å². The molecule has 1 heterocycles. The maximum Gasteiger partial charge on any atom is 0.293 e. The van der Waals surface area contributed by atoms with E-state index in [0.29, 0.717) is 13.1 Å². The number of likely N-dealkylation sites (N-methyl/N-ethyl adjacent to an activating group) is 1. The van der Waals surface area contributed by atoms with E-state index in [4.69, 9.17) is 0 Å². The van der Waals surface area contributed by atoms with Crippen molar-refractivity contribution in [2.24, 2.45) is 5.92 Å². The van der Waals surface area contributed by atoms with E-state index in [1.54, 1.807) is 7.05 Å². The number of piperidine rings is 1. The molecular formula is C19H30N4O5S. The van der Waals surface area contributed by atoms with Gasteiger partial charge in [0.15, 0.2) is 0 Å². The Balaban J connectivity index is 2.31. The van der Waals surface area contributed by atoms with Gasteiger partial charge < -0.3 is 10.2 Å². The summed E-state index contributed by atoms with van der Waals surface area (Å²) in [5.41, 5.74) is -0.583. The highest BCUT2D eigenvalue weighted by Crippen LogP contribution is 2.32. The standard InChI is InChI=1S/C19H30N4O5S/c1-14-7-6-10-22(12-14)29(27,28)15-8-9-16(17(11-15)23(25)26)21(5)13-18(24)20-19(2,3)4/h8-9,11,14H,6-7,10,12-13H2,1-5H3,(H,20,24)/t14-/m0/s1. The first-order valence-corrected chi connectivity index (χ1v) is 11.1. The van der Waals surface area contributed by atoms with Crippen molar-refractivity contribution < 1.29 is 18.1 Å². The highest BCUT2D eigenvalue weighted by molar-refractivity contribution is 7.89. The van der Waals surface area contributed by atoms with Crippen molar-refractivity contribution in [2.45, 2.75) is 51.0 Å². The van der Waals surface area contributed by atoms with Crippen LogP contribution >= 0.6 is 0 Å². The van der Waals surface area contributed by atoms with E-state index < -0.39 is 20.5 Å². The van der Waals surface area contributed by atoms with E-state index in [1.807, 2.05) is 27.7 Å². The first-order valence-electron chi connectivity index (χ1n) is 9.62. The molecular weight excluding hydrogens is 396 g/mol. The lowest BCUT2D eigenvalue weighted by atomic mass is 10.0. The Morgan fingerprint density at radius 3 is 2.59 bits per heavy atom. The summed E-state index contributed by atoms with van der Waals surface area (Å²) in [5.74, 6) is -0.0338. The predicted molar refractivity (Wildman–Crippen MR) is 111 cm³/mol. The highest BCUT2D eigenvalue weighted by atomic mass is 32.2. The number of amides is 1. The number of carbonyl (C=O) groups is 1. The first-order chi connectivity index (χ1) is 13.3. The number of rotatable bonds is 6. The van der Waals surface area contributed by atoms with Crippen LogP contribution < -0.4 is 10.2 Å². The summed E-state index contributed by atoms with van der Waals surface area (Å²) in [6.45, 7) is 8.25. The van der Waals surface area contributed by atoms with Crippen molar-refractivity contribution in [1.29, 1.82) is 0 Å². The van der Waals surface area contributed by atoms with E-state index in [-0.39, 0.29) is 34.6 Å². The molecule has 1 N–H and O–H groups in total. The number of hydrogen-bond acceptors (Lipinski definition) is 6. The number of sulfonamides is 1. The van der Waals surface area contributed by atoms with Crippen molar-refractivity contribution in [3.8, 4) is 0 Å². The van der Waals surface area contributed by atoms with E-state index in [2.05, 4.69) is 5.32 Å². The average molecular weight is 427 g/mol. The Morgan fingerprint density at radius 2 is 2.03 bits per heavy atom. The van der Waals surface area contributed by atoms with Crippen LogP contribution in [0.4, 0.5) is 11.4 Å². The third-order valence-corrected chi connectivity index (χ3v) is 6.57. The van der Waals surface area contributed by atoms with E-state index >= 15 is 0 Å². The van der Waals surface area contributed by atoms with Crippen LogP contribution in [0.1, 0.15) is 40.5 Å². The van der Waals surface area contributed by atoms with Crippen molar-refractivity contribution in [2.75, 3.05) is 31.6 Å². The second-order valence-electron chi connectivity index (χ2n) is 8.67. The molecule has 29 heavy (non-hydrogen) atoms. The van der Waals surface area contributed by atoms with Crippen LogP contribution in [0, 0.1) is 16.0 Å². The third kappa shape index (κ3) is 5.89. The summed E-state index contributed by atoms with van der Waals surface area (Å²) in [4.78, 5) is 24.5. The number of hydrogen-bond donors (Lipinski definition) is 1. The fourth-order valence-electron chi connectivity index (χ4n) is 3.40. The molecule has 0 aromatic heterocycles. The van der Waals surface area contributed by atoms with Crippen LogP contribution in [-0.4, -0.2) is 55.8 Å². The van der Waals surface area contributed by atoms with Crippen LogP contribution in [0.2, 0.25) is 0 Å². The predicted octanol–water partition coefficient (Wildman–Crippen LogP) is 2.37. The molecule has 162 valence electrons. The normalized spacial score (nSPS) is 18.3. The van der Waals surface area contributed by atoms with Gasteiger partial charge in [-0.1, -0.05) is 6.92 Å². The topological polar surface area (TPSA) is 113 Å². The van der Waals surface area contributed by atoms with Crippen molar-refractivity contribution in [3.05, 3.63) is 28.3 Å². The molecule has 2 rings (SSSR count). The zero-order valence-electron chi connectivity index (χ0n) is 17.6. The summed E-state index contributed by atoms with van der Waals surface area (Å²) in [6, 6.07) is 3.85. The fraction of sp³-hybridized carbons (Fsp3) is 0.632. The largest absolute Gasteiger partial charge is 0.360 e. The van der Waals surface area contributed by atoms with Crippen LogP contribution in [0.25, 0.3) is 0 Å². The minimum Gasteiger partial charge on any atom is -0.360 e. The summed E-state index contributed by atoms with van der Waals surface area (Å²) in [7, 11) is -2.25. The molecule has 1 aromatic rings. The quantitative estimate of drug-likeness (QED) is 0.552. The van der Waals surface area contributed by atoms with Gasteiger partial charge in [0.25, 0.3) is 5.69 Å². The van der Waals surface area contributed by atoms with Gasteiger partial charge in [-0.05, 0) is 51.7 Å². The smallest absolute Gasteiger partial charge is 0.293 e. The van der Waals surface area contributed by atoms with Gasteiger partial charge in [-0.3, -0.25) is 14.9 Å². The summed E-state index contributed by atoms with van der Waals surface area (Å²) in [6.07, 6.45) is 1.73. The second-order valence-corrected chi connectivity index (χ2v) is 10.6. The van der Waals surface area contributed by atoms with E-state index in [0.717, 1.165) is 18.9 Å². The molecule has 9 nitrogen and oxygen atoms in total. The molecule has 1 saturated heterocycles. The van der Waals surface area contributed by atoms with Crippen LogP contribution in [0.3, 0.4) is 0 Å². The van der Waals surface area contributed by atoms with Gasteiger partial charge in [0.05, 0.1) is 16.4 Å². The molecule has 1 aliphatic rings. The Bertz CT molecular complexity index is 879. The van der Waals surface area contributed by atoms with Crippen LogP contribution in [0.5, 0.6) is 0 Å². The number of anilines is 1. The van der Waals surface area contributed by atoms with Gasteiger partial charge >= 0.3 is 0 Å². The molecule has 0 radical (unpaired) electrons. The number of nitro groups is 1. The highest BCUT2D eigenvalue weighted by Gasteiger charge is 2.31.